The maximum Gasteiger partial charge on any atom is 0.332 e. The first kappa shape index (κ1) is 122. The number of hydrogen-bond acceptors (Lipinski definition) is 30. The van der Waals surface area contributed by atoms with E-state index in [4.69, 9.17) is 161 Å². The summed E-state index contributed by atoms with van der Waals surface area (Å²) >= 11 is 0. The Bertz CT molecular complexity index is 1080. The van der Waals surface area contributed by atoms with E-state index in [1.165, 1.54) is 27.7 Å². The molecule has 43 N–H and O–H groups in total. The van der Waals surface area contributed by atoms with E-state index >= 15 is 0 Å². The van der Waals surface area contributed by atoms with Gasteiger partial charge in [0.2, 0.25) is 0 Å². The fourth-order valence-electron chi connectivity index (χ4n) is 1.65. The van der Waals surface area contributed by atoms with Gasteiger partial charge in [-0.2, -0.15) is 0 Å². The summed E-state index contributed by atoms with van der Waals surface area (Å²) in [7, 11) is 0. The molecule has 34 heteroatoms. The van der Waals surface area contributed by atoms with Gasteiger partial charge in [0.25, 0.3) is 0 Å². The highest BCUT2D eigenvalue weighted by Crippen LogP contribution is 1.88. The molecule has 0 aromatic rings. The first-order chi connectivity index (χ1) is 40.1. The van der Waals surface area contributed by atoms with E-state index in [2.05, 4.69) is 0 Å². The van der Waals surface area contributed by atoms with Crippen LogP contribution >= 0.6 is 0 Å². The minimum atomic E-state index is -1.23. The Labute approximate surface area is 528 Å². The highest BCUT2D eigenvalue weighted by Gasteiger charge is 2.02. The number of rotatable bonds is 24. The van der Waals surface area contributed by atoms with Crippen molar-refractivity contribution in [2.75, 3.05) is 92.1 Å². The van der Waals surface area contributed by atoms with Gasteiger partial charge in [-0.05, 0) is 153 Å². The van der Waals surface area contributed by atoms with Crippen molar-refractivity contribution in [3.8, 4) is 0 Å². The van der Waals surface area contributed by atoms with Gasteiger partial charge in [-0.1, -0.05) is 20.8 Å². The molecule has 0 spiro atoms. The average Bonchev–Trinajstić information content (AvgIpc) is 3.41. The lowest BCUT2D eigenvalue weighted by Gasteiger charge is -1.99. The molecular formula is C54H143N13O21. The molecule has 0 radical (unpaired) electrons. The number of carbonyl (C=O) groups is 4. The average molecular weight is 1310 g/mol. The van der Waals surface area contributed by atoms with E-state index in [-0.39, 0.29) is 119 Å². The molecule has 0 aromatic carbocycles. The second-order valence-electron chi connectivity index (χ2n) is 20.1. The normalized spacial score (nSPS) is 13.7. The predicted molar refractivity (Wildman–Crippen MR) is 351 cm³/mol. The maximum absolute atomic E-state index is 9.73. The van der Waals surface area contributed by atoms with Crippen molar-refractivity contribution < 1.29 is 106 Å². The quantitative estimate of drug-likeness (QED) is 0.0427. The molecule has 0 aliphatic carbocycles. The Balaban J connectivity index is -0.0000000500. The van der Waals surface area contributed by atoms with E-state index in [9.17, 15) is 19.2 Å². The van der Waals surface area contributed by atoms with E-state index in [0.717, 1.165) is 6.42 Å². The van der Waals surface area contributed by atoms with Gasteiger partial charge in [0, 0.05) is 82.3 Å². The van der Waals surface area contributed by atoms with E-state index in [1.54, 1.807) is 41.5 Å². The van der Waals surface area contributed by atoms with Crippen LogP contribution < -0.4 is 74.5 Å². The van der Waals surface area contributed by atoms with Gasteiger partial charge in [-0.3, -0.25) is 14.4 Å². The summed E-state index contributed by atoms with van der Waals surface area (Å²) in [6.07, 6.45) is -0.711. The first-order valence-electron chi connectivity index (χ1n) is 28.8. The standard InChI is InChI=1S/2C4H12N2.C4H9NO2.3C4H11NO.C4H8O3.2C4H10O2.C3H10N2.C3H7NO2.2C3H9NO.C3H6O3.C3H8O2/c1-4(2-5)3-6;1-4(6)2-3-5;1-3(5)2-4(6)7;1-4(2-5)3-6;1-4(5)2-3-6;1-4(6)2-3-5;1-3(5)2-4(6)7;1-4(2-5)3-6;1-4(6)2-3-5;1-3(5)2-4;1-2(4)3(5)6;1-3(4)2-5;1-3(5)2-4;1-2(4)3(5)6;1-3(5)2-4/h2*4H,2-3,5-6H2,1H3;3H,2,5H2,1H3,(H,6,7);3*4,6H,2-3,5H2,1H3;3,5H,2H2,1H3,(H,6,7);2*4-6H,2-3H2,1H3;3H,2,4-5H2,1H3;2H,4H2,1H3,(H,5,6);2*3,5H,2,4H2,1H3;2,4H,1H3,(H,5,6);3-5H,2H2,1H3. The third-order valence-electron chi connectivity index (χ3n) is 7.46. The van der Waals surface area contributed by atoms with Gasteiger partial charge >= 0.3 is 23.9 Å². The molecule has 0 fully saturated rings. The smallest absolute Gasteiger partial charge is 0.332 e. The van der Waals surface area contributed by atoms with Crippen LogP contribution in [-0.4, -0.2) is 276 Å². The van der Waals surface area contributed by atoms with Gasteiger partial charge in [0.15, 0.2) is 0 Å². The Hall–Kier alpha value is -3.16. The van der Waals surface area contributed by atoms with Crippen LogP contribution in [0.5, 0.6) is 0 Å². The lowest BCUT2D eigenvalue weighted by atomic mass is 10.2. The van der Waals surface area contributed by atoms with Crippen molar-refractivity contribution in [3.05, 3.63) is 0 Å². The van der Waals surface area contributed by atoms with E-state index in [1.807, 2.05) is 34.6 Å². The fourth-order valence-corrected chi connectivity index (χ4v) is 1.65. The number of aliphatic carboxylic acids is 4. The molecule has 0 bridgehead atoms. The van der Waals surface area contributed by atoms with E-state index in [0.29, 0.717) is 71.0 Å². The van der Waals surface area contributed by atoms with Crippen molar-refractivity contribution in [2.24, 2.45) is 92.3 Å². The van der Waals surface area contributed by atoms with E-state index < -0.39 is 48.2 Å². The minimum absolute atomic E-state index is 0.0463. The Morgan fingerprint density at radius 1 is 0.307 bits per heavy atom. The van der Waals surface area contributed by atoms with Crippen molar-refractivity contribution in [3.63, 3.8) is 0 Å². The topological polar surface area (TPSA) is 750 Å². The SMILES string of the molecule is CC(CN)CN.CC(CN)CO.CC(CO)CO.CC(N)C(=O)O.CC(N)CC(=O)O.CC(N)CCN.CC(N)CCO.CC(N)CN.CC(N)CO.CC(O)C(=O)O.CC(O)CC(=O)O.CC(O)CCN.CC(O)CCO.CC(O)CN.CC(O)CO. The molecule has 13 unspecified atom stereocenters. The van der Waals surface area contributed by atoms with Crippen LogP contribution in [0.15, 0.2) is 0 Å². The molecular weight excluding hydrogens is 1170 g/mol. The molecule has 13 atom stereocenters. The first-order valence-corrected chi connectivity index (χ1v) is 28.8. The Kier molecular flexibility index (Phi) is 147. The number of carboxylic acid groups (broad SMARTS) is 4. The highest BCUT2D eigenvalue weighted by atomic mass is 16.4. The van der Waals surface area contributed by atoms with Crippen LogP contribution in [0.4, 0.5) is 0 Å². The largest absolute Gasteiger partial charge is 0.481 e. The van der Waals surface area contributed by atoms with Crippen LogP contribution in [0.2, 0.25) is 0 Å². The third kappa shape index (κ3) is 276. The number of carboxylic acids is 4. The number of hydrogen-bond donors (Lipinski definition) is 30. The summed E-state index contributed by atoms with van der Waals surface area (Å²) in [4.78, 5) is 38.4. The molecule has 550 valence electrons. The highest BCUT2D eigenvalue weighted by molar-refractivity contribution is 5.72. The summed E-state index contributed by atoms with van der Waals surface area (Å²) in [5.74, 6) is -3.14. The minimum Gasteiger partial charge on any atom is -0.481 e. The zero-order valence-corrected chi connectivity index (χ0v) is 56.5. The van der Waals surface area contributed by atoms with Gasteiger partial charge < -0.3 is 161 Å². The second-order valence-corrected chi connectivity index (χ2v) is 20.1. The third-order valence-corrected chi connectivity index (χ3v) is 7.46. The Morgan fingerprint density at radius 3 is 0.580 bits per heavy atom. The molecule has 0 saturated heterocycles. The zero-order chi connectivity index (χ0) is 74.1. The molecule has 0 amide bonds. The van der Waals surface area contributed by atoms with Crippen molar-refractivity contribution in [2.45, 2.75) is 215 Å². The summed E-state index contributed by atoms with van der Waals surface area (Å²) in [5, 5.41) is 138. The molecule has 0 heterocycles. The van der Waals surface area contributed by atoms with Crippen LogP contribution in [0.1, 0.15) is 142 Å². The molecule has 0 aliphatic rings. The molecule has 34 nitrogen and oxygen atoms in total. The molecule has 0 aromatic heterocycles. The molecule has 0 rings (SSSR count). The predicted octanol–water partition coefficient (Wildman–Crippen LogP) is -6.59. The van der Waals surface area contributed by atoms with Crippen LogP contribution in [0.25, 0.3) is 0 Å². The number of nitrogens with two attached hydrogens (primary N) is 13. The van der Waals surface area contributed by atoms with Crippen molar-refractivity contribution in [1.82, 2.24) is 0 Å². The summed E-state index contributed by atoms with van der Waals surface area (Å²) < 4.78 is 0. The van der Waals surface area contributed by atoms with Crippen LogP contribution in [0.3, 0.4) is 0 Å². The summed E-state index contributed by atoms with van der Waals surface area (Å²) in [6, 6.07) is -0.433. The Morgan fingerprint density at radius 2 is 0.580 bits per heavy atom. The number of aliphatic hydroxyl groups is 13. The molecule has 0 saturated carbocycles. The second kappa shape index (κ2) is 106. The van der Waals surface area contributed by atoms with Gasteiger partial charge in [0.1, 0.15) is 12.1 Å². The summed E-state index contributed by atoms with van der Waals surface area (Å²) in [5.41, 5.74) is 66.4. The molecule has 88 heavy (non-hydrogen) atoms. The fraction of sp³-hybridized carbons (Fsp3) is 0.926. The molecule has 0 aliphatic heterocycles. The van der Waals surface area contributed by atoms with Crippen LogP contribution in [-0.2, 0) is 19.2 Å². The zero-order valence-electron chi connectivity index (χ0n) is 56.5. The van der Waals surface area contributed by atoms with Gasteiger partial charge in [0.05, 0.1) is 56.6 Å². The maximum atomic E-state index is 9.73. The summed E-state index contributed by atoms with van der Waals surface area (Å²) in [6.45, 7) is 30.2. The lowest BCUT2D eigenvalue weighted by Crippen LogP contribution is -2.25. The van der Waals surface area contributed by atoms with Crippen molar-refractivity contribution in [1.29, 1.82) is 0 Å². The van der Waals surface area contributed by atoms with Gasteiger partial charge in [-0.25, -0.2) is 4.79 Å². The van der Waals surface area contributed by atoms with Crippen LogP contribution in [0, 0.1) is 17.8 Å². The van der Waals surface area contributed by atoms with Gasteiger partial charge in [-0.15, -0.1) is 0 Å². The number of aliphatic hydroxyl groups excluding tert-OH is 13. The lowest BCUT2D eigenvalue weighted by molar-refractivity contribution is -0.145. The van der Waals surface area contributed by atoms with Crippen molar-refractivity contribution >= 4 is 23.9 Å². The monoisotopic (exact) mass is 1310 g/mol.